The van der Waals surface area contributed by atoms with Crippen LogP contribution >= 0.6 is 0 Å². The summed E-state index contributed by atoms with van der Waals surface area (Å²) in [6, 6.07) is 6.33. The van der Waals surface area contributed by atoms with Gasteiger partial charge in [0.1, 0.15) is 5.75 Å². The number of esters is 1. The number of amides is 2. The van der Waals surface area contributed by atoms with E-state index >= 15 is 0 Å². The van der Waals surface area contributed by atoms with Gasteiger partial charge >= 0.3 is 5.97 Å². The molecule has 2 bridgehead atoms. The fourth-order valence-corrected chi connectivity index (χ4v) is 3.39. The summed E-state index contributed by atoms with van der Waals surface area (Å²) in [5.41, 5.74) is 0.486. The van der Waals surface area contributed by atoms with Gasteiger partial charge in [-0.15, -0.1) is 0 Å². The molecule has 3 heterocycles. The van der Waals surface area contributed by atoms with Gasteiger partial charge in [-0.05, 0) is 24.3 Å². The summed E-state index contributed by atoms with van der Waals surface area (Å²) < 4.78 is 10.5. The fourth-order valence-electron chi connectivity index (χ4n) is 3.39. The van der Waals surface area contributed by atoms with E-state index in [1.165, 1.54) is 11.8 Å². The van der Waals surface area contributed by atoms with E-state index in [9.17, 15) is 14.4 Å². The Kier molecular flexibility index (Phi) is 2.71. The van der Waals surface area contributed by atoms with E-state index in [1.54, 1.807) is 24.3 Å². The minimum Gasteiger partial charge on any atom is -0.427 e. The molecule has 6 nitrogen and oxygen atoms in total. The van der Waals surface area contributed by atoms with Gasteiger partial charge in [-0.25, -0.2) is 4.90 Å². The van der Waals surface area contributed by atoms with Gasteiger partial charge in [0, 0.05) is 6.92 Å². The minimum absolute atomic E-state index is 0.230. The number of carbonyl (C=O) groups is 3. The van der Waals surface area contributed by atoms with Crippen molar-refractivity contribution < 1.29 is 23.9 Å². The van der Waals surface area contributed by atoms with E-state index < -0.39 is 17.8 Å². The second-order valence-electron chi connectivity index (χ2n) is 5.60. The highest BCUT2D eigenvalue weighted by Crippen LogP contribution is 2.46. The molecule has 6 heteroatoms. The van der Waals surface area contributed by atoms with Gasteiger partial charge in [-0.3, -0.25) is 14.4 Å². The normalized spacial score (nSPS) is 31.8. The maximum atomic E-state index is 12.6. The van der Waals surface area contributed by atoms with Crippen molar-refractivity contribution >= 4 is 23.5 Å². The Balaban J connectivity index is 1.62. The van der Waals surface area contributed by atoms with Crippen molar-refractivity contribution in [3.8, 4) is 5.75 Å². The largest absolute Gasteiger partial charge is 0.427 e. The molecule has 0 aromatic heterocycles. The number of nitrogens with zero attached hydrogens (tertiary/aromatic N) is 1. The van der Waals surface area contributed by atoms with Crippen LogP contribution in [-0.4, -0.2) is 30.0 Å². The monoisotopic (exact) mass is 299 g/mol. The summed E-state index contributed by atoms with van der Waals surface area (Å²) in [7, 11) is 0. The van der Waals surface area contributed by atoms with Crippen molar-refractivity contribution in [3.05, 3.63) is 36.4 Å². The van der Waals surface area contributed by atoms with Crippen LogP contribution in [0.1, 0.15) is 6.92 Å². The molecular weight excluding hydrogens is 286 g/mol. The molecule has 0 N–H and O–H groups in total. The molecule has 3 aliphatic heterocycles. The van der Waals surface area contributed by atoms with Gasteiger partial charge < -0.3 is 9.47 Å². The number of rotatable bonds is 2. The summed E-state index contributed by atoms with van der Waals surface area (Å²) in [5, 5.41) is 0. The maximum absolute atomic E-state index is 12.6. The number of fused-ring (bicyclic) bond motifs is 5. The number of hydrogen-bond donors (Lipinski definition) is 0. The molecule has 112 valence electrons. The first kappa shape index (κ1) is 13.2. The number of carbonyl (C=O) groups excluding carboxylic acids is 3. The molecule has 22 heavy (non-hydrogen) atoms. The van der Waals surface area contributed by atoms with Crippen molar-refractivity contribution in [3.63, 3.8) is 0 Å². The summed E-state index contributed by atoms with van der Waals surface area (Å²) in [4.78, 5) is 37.2. The Morgan fingerprint density at radius 3 is 2.09 bits per heavy atom. The van der Waals surface area contributed by atoms with E-state index in [0.717, 1.165) is 0 Å². The van der Waals surface area contributed by atoms with Crippen molar-refractivity contribution in [1.29, 1.82) is 0 Å². The first-order chi connectivity index (χ1) is 10.6. The lowest BCUT2D eigenvalue weighted by Crippen LogP contribution is -2.34. The lowest BCUT2D eigenvalue weighted by molar-refractivity contribution is -0.132. The number of imide groups is 1. The highest BCUT2D eigenvalue weighted by atomic mass is 16.5. The molecule has 2 saturated heterocycles. The Morgan fingerprint density at radius 2 is 1.59 bits per heavy atom. The first-order valence-corrected chi connectivity index (χ1v) is 7.06. The van der Waals surface area contributed by atoms with E-state index in [-0.39, 0.29) is 24.0 Å². The van der Waals surface area contributed by atoms with Gasteiger partial charge in [0.15, 0.2) is 0 Å². The SMILES string of the molecule is CC(=O)Oc1ccc(N2C(=O)C3C4C=CC(O4)C3C2=O)cc1. The predicted octanol–water partition coefficient (Wildman–Crippen LogP) is 1.05. The molecule has 1 aromatic carbocycles. The molecule has 0 radical (unpaired) electrons. The standard InChI is InChI=1S/C16H13NO5/c1-8(18)21-10-4-2-9(3-5-10)17-15(19)13-11-6-7-12(22-11)14(13)16(17)20/h2-7,11-14H,1H3. The Hall–Kier alpha value is -2.47. The summed E-state index contributed by atoms with van der Waals surface area (Å²) >= 11 is 0. The van der Waals surface area contributed by atoms with Crippen molar-refractivity contribution in [2.75, 3.05) is 4.90 Å². The molecular formula is C16H13NO5. The Bertz CT molecular complexity index is 678. The lowest BCUT2D eigenvalue weighted by atomic mass is 9.85. The molecule has 0 aliphatic carbocycles. The number of hydrogen-bond acceptors (Lipinski definition) is 5. The third-order valence-corrected chi connectivity index (χ3v) is 4.27. The zero-order chi connectivity index (χ0) is 15.4. The molecule has 0 saturated carbocycles. The van der Waals surface area contributed by atoms with Gasteiger partial charge in [-0.1, -0.05) is 12.2 Å². The summed E-state index contributed by atoms with van der Waals surface area (Å²) in [6.07, 6.45) is 3.11. The van der Waals surface area contributed by atoms with Crippen LogP contribution in [0.25, 0.3) is 0 Å². The van der Waals surface area contributed by atoms with Crippen LogP contribution in [0.3, 0.4) is 0 Å². The molecule has 4 unspecified atom stereocenters. The molecule has 4 atom stereocenters. The lowest BCUT2D eigenvalue weighted by Gasteiger charge is -2.17. The maximum Gasteiger partial charge on any atom is 0.308 e. The third-order valence-electron chi connectivity index (χ3n) is 4.27. The average molecular weight is 299 g/mol. The quantitative estimate of drug-likeness (QED) is 0.353. The molecule has 1 aromatic rings. The second-order valence-corrected chi connectivity index (χ2v) is 5.60. The number of benzene rings is 1. The topological polar surface area (TPSA) is 72.9 Å². The average Bonchev–Trinajstić information content (AvgIpc) is 3.14. The van der Waals surface area contributed by atoms with Crippen molar-refractivity contribution in [2.24, 2.45) is 11.8 Å². The number of ether oxygens (including phenoxy) is 2. The van der Waals surface area contributed by atoms with Crippen LogP contribution in [0.2, 0.25) is 0 Å². The van der Waals surface area contributed by atoms with Gasteiger partial charge in [-0.2, -0.15) is 0 Å². The molecule has 3 aliphatic rings. The Morgan fingerprint density at radius 1 is 1.05 bits per heavy atom. The van der Waals surface area contributed by atoms with Crippen LogP contribution in [-0.2, 0) is 19.1 Å². The molecule has 2 amide bonds. The number of anilines is 1. The van der Waals surface area contributed by atoms with E-state index in [0.29, 0.717) is 11.4 Å². The van der Waals surface area contributed by atoms with Crippen LogP contribution < -0.4 is 9.64 Å². The van der Waals surface area contributed by atoms with Gasteiger partial charge in [0.05, 0.1) is 29.7 Å². The van der Waals surface area contributed by atoms with Gasteiger partial charge in [0.2, 0.25) is 11.8 Å². The summed E-state index contributed by atoms with van der Waals surface area (Å²) in [5.74, 6) is -1.35. The summed E-state index contributed by atoms with van der Waals surface area (Å²) in [6.45, 7) is 1.31. The zero-order valence-electron chi connectivity index (χ0n) is 11.8. The highest BCUT2D eigenvalue weighted by Gasteiger charge is 2.60. The van der Waals surface area contributed by atoms with E-state index in [1.807, 2.05) is 12.2 Å². The van der Waals surface area contributed by atoms with Crippen LogP contribution in [0, 0.1) is 11.8 Å². The second kappa shape index (κ2) is 4.51. The Labute approximate surface area is 126 Å². The third kappa shape index (κ3) is 1.74. The molecule has 2 fully saturated rings. The minimum atomic E-state index is -0.421. The van der Waals surface area contributed by atoms with Gasteiger partial charge in [0.25, 0.3) is 0 Å². The predicted molar refractivity (Wildman–Crippen MR) is 75.0 cm³/mol. The first-order valence-electron chi connectivity index (χ1n) is 7.06. The highest BCUT2D eigenvalue weighted by molar-refractivity contribution is 6.23. The smallest absolute Gasteiger partial charge is 0.308 e. The van der Waals surface area contributed by atoms with E-state index in [2.05, 4.69) is 0 Å². The van der Waals surface area contributed by atoms with Crippen LogP contribution in [0.5, 0.6) is 5.75 Å². The van der Waals surface area contributed by atoms with Crippen molar-refractivity contribution in [2.45, 2.75) is 19.1 Å². The molecule has 0 spiro atoms. The van der Waals surface area contributed by atoms with E-state index in [4.69, 9.17) is 9.47 Å². The van der Waals surface area contributed by atoms with Crippen LogP contribution in [0.15, 0.2) is 36.4 Å². The fraction of sp³-hybridized carbons (Fsp3) is 0.312. The van der Waals surface area contributed by atoms with Crippen molar-refractivity contribution in [1.82, 2.24) is 0 Å². The zero-order valence-corrected chi connectivity index (χ0v) is 11.8. The molecule has 4 rings (SSSR count). The van der Waals surface area contributed by atoms with Crippen LogP contribution in [0.4, 0.5) is 5.69 Å².